The van der Waals surface area contributed by atoms with Crippen molar-refractivity contribution < 1.29 is 14.3 Å². The summed E-state index contributed by atoms with van der Waals surface area (Å²) in [5.74, 6) is 1.15. The van der Waals surface area contributed by atoms with E-state index in [1.54, 1.807) is 13.2 Å². The molecule has 0 N–H and O–H groups in total. The molecule has 0 saturated heterocycles. The Hall–Kier alpha value is -1.25. The molecule has 0 amide bonds. The summed E-state index contributed by atoms with van der Waals surface area (Å²) in [6.07, 6.45) is 5.36. The highest BCUT2D eigenvalue weighted by atomic mass is 16.5. The normalized spacial score (nSPS) is 16.2. The summed E-state index contributed by atoms with van der Waals surface area (Å²) in [5.41, 5.74) is 0. The van der Waals surface area contributed by atoms with Gasteiger partial charge in [0, 0.05) is 19.4 Å². The molecule has 0 bridgehead atoms. The molecule has 0 fully saturated rings. The van der Waals surface area contributed by atoms with E-state index in [4.69, 9.17) is 9.47 Å². The molecule has 0 saturated carbocycles. The maximum atomic E-state index is 10.6. The third kappa shape index (κ3) is 2.42. The molecule has 1 aliphatic carbocycles. The van der Waals surface area contributed by atoms with Crippen LogP contribution in [0.2, 0.25) is 0 Å². The third-order valence-electron chi connectivity index (χ3n) is 1.56. The number of methoxy groups -OCH3 is 1. The van der Waals surface area contributed by atoms with Gasteiger partial charge in [-0.1, -0.05) is 0 Å². The second kappa shape index (κ2) is 3.95. The van der Waals surface area contributed by atoms with Gasteiger partial charge in [0.1, 0.15) is 5.76 Å². The molecule has 1 rings (SSSR count). The number of hydrogen-bond acceptors (Lipinski definition) is 3. The number of esters is 1. The summed E-state index contributed by atoms with van der Waals surface area (Å²) in [5, 5.41) is 0. The van der Waals surface area contributed by atoms with E-state index in [-0.39, 0.29) is 5.97 Å². The van der Waals surface area contributed by atoms with Crippen LogP contribution in [0, 0.1) is 0 Å². The number of ether oxygens (including phenoxy) is 2. The summed E-state index contributed by atoms with van der Waals surface area (Å²) in [4.78, 5) is 10.6. The van der Waals surface area contributed by atoms with Gasteiger partial charge in [-0.3, -0.25) is 4.79 Å². The summed E-state index contributed by atoms with van der Waals surface area (Å²) >= 11 is 0. The van der Waals surface area contributed by atoms with Gasteiger partial charge in [-0.05, 0) is 12.5 Å². The van der Waals surface area contributed by atoms with Gasteiger partial charge in [-0.25, -0.2) is 0 Å². The Labute approximate surface area is 71.7 Å². The van der Waals surface area contributed by atoms with Crippen molar-refractivity contribution in [3.05, 3.63) is 23.7 Å². The zero-order chi connectivity index (χ0) is 8.97. The van der Waals surface area contributed by atoms with E-state index < -0.39 is 0 Å². The van der Waals surface area contributed by atoms with Gasteiger partial charge in [0.05, 0.1) is 12.9 Å². The van der Waals surface area contributed by atoms with Gasteiger partial charge in [0.2, 0.25) is 0 Å². The maximum absolute atomic E-state index is 10.6. The molecule has 3 heteroatoms. The lowest BCUT2D eigenvalue weighted by Crippen LogP contribution is -2.01. The van der Waals surface area contributed by atoms with Gasteiger partial charge >= 0.3 is 5.97 Å². The first-order valence-corrected chi connectivity index (χ1v) is 3.85. The zero-order valence-corrected chi connectivity index (χ0v) is 7.29. The fourth-order valence-electron chi connectivity index (χ4n) is 1.04. The average molecular weight is 168 g/mol. The molecule has 0 unspecified atom stereocenters. The molecule has 12 heavy (non-hydrogen) atoms. The predicted octanol–water partition coefficient (Wildman–Crippen LogP) is 1.76. The quantitative estimate of drug-likeness (QED) is 0.589. The molecule has 0 aromatic heterocycles. The van der Waals surface area contributed by atoms with Crippen molar-refractivity contribution >= 4 is 5.97 Å². The highest BCUT2D eigenvalue weighted by Gasteiger charge is 2.07. The third-order valence-corrected chi connectivity index (χ3v) is 1.56. The number of hydrogen-bond donors (Lipinski definition) is 0. The van der Waals surface area contributed by atoms with Crippen LogP contribution in [0.25, 0.3) is 0 Å². The van der Waals surface area contributed by atoms with Gasteiger partial charge < -0.3 is 9.47 Å². The van der Waals surface area contributed by atoms with Crippen LogP contribution in [-0.4, -0.2) is 13.1 Å². The second-order valence-corrected chi connectivity index (χ2v) is 2.55. The van der Waals surface area contributed by atoms with Crippen LogP contribution in [0.3, 0.4) is 0 Å². The molecule has 3 nitrogen and oxygen atoms in total. The van der Waals surface area contributed by atoms with Crippen molar-refractivity contribution in [2.45, 2.75) is 19.8 Å². The minimum atomic E-state index is -0.296. The first-order valence-electron chi connectivity index (χ1n) is 3.85. The Kier molecular flexibility index (Phi) is 2.91. The Morgan fingerprint density at radius 3 is 2.92 bits per heavy atom. The minimum Gasteiger partial charge on any atom is -0.501 e. The summed E-state index contributed by atoms with van der Waals surface area (Å²) in [7, 11) is 1.61. The van der Waals surface area contributed by atoms with Crippen LogP contribution >= 0.6 is 0 Å². The van der Waals surface area contributed by atoms with Crippen molar-refractivity contribution in [3.63, 3.8) is 0 Å². The Morgan fingerprint density at radius 2 is 2.33 bits per heavy atom. The number of rotatable bonds is 2. The molecule has 0 atom stereocenters. The fourth-order valence-corrected chi connectivity index (χ4v) is 1.04. The molecule has 0 spiro atoms. The van der Waals surface area contributed by atoms with Crippen LogP contribution in [-0.2, 0) is 14.3 Å². The summed E-state index contributed by atoms with van der Waals surface area (Å²) in [6.45, 7) is 1.38. The lowest BCUT2D eigenvalue weighted by molar-refractivity contribution is -0.136. The first kappa shape index (κ1) is 8.84. The van der Waals surface area contributed by atoms with E-state index in [0.717, 1.165) is 18.6 Å². The molecule has 0 heterocycles. The Bertz CT molecular complexity index is 238. The van der Waals surface area contributed by atoms with Crippen molar-refractivity contribution in [2.24, 2.45) is 0 Å². The van der Waals surface area contributed by atoms with Crippen molar-refractivity contribution in [3.8, 4) is 0 Å². The molecule has 0 aliphatic heterocycles. The van der Waals surface area contributed by atoms with Crippen LogP contribution in [0.1, 0.15) is 19.8 Å². The van der Waals surface area contributed by atoms with E-state index in [2.05, 4.69) is 0 Å². The van der Waals surface area contributed by atoms with Gasteiger partial charge in [-0.15, -0.1) is 0 Å². The topological polar surface area (TPSA) is 35.5 Å². The minimum absolute atomic E-state index is 0.296. The van der Waals surface area contributed by atoms with Gasteiger partial charge in [-0.2, -0.15) is 0 Å². The van der Waals surface area contributed by atoms with E-state index in [1.807, 2.05) is 6.08 Å². The largest absolute Gasteiger partial charge is 0.501 e. The van der Waals surface area contributed by atoms with Crippen LogP contribution in [0.4, 0.5) is 0 Å². The smallest absolute Gasteiger partial charge is 0.308 e. The lowest BCUT2D eigenvalue weighted by Gasteiger charge is -2.11. The average Bonchev–Trinajstić information content (AvgIpc) is 2.03. The second-order valence-electron chi connectivity index (χ2n) is 2.55. The maximum Gasteiger partial charge on any atom is 0.308 e. The molecule has 66 valence electrons. The lowest BCUT2D eigenvalue weighted by atomic mass is 10.1. The highest BCUT2D eigenvalue weighted by molar-refractivity contribution is 5.67. The van der Waals surface area contributed by atoms with E-state index in [1.165, 1.54) is 6.92 Å². The Morgan fingerprint density at radius 1 is 1.58 bits per heavy atom. The number of allylic oxidation sites excluding steroid dienone is 3. The molecule has 1 aliphatic rings. The van der Waals surface area contributed by atoms with Crippen molar-refractivity contribution in [2.75, 3.05) is 7.11 Å². The van der Waals surface area contributed by atoms with Crippen LogP contribution < -0.4 is 0 Å². The van der Waals surface area contributed by atoms with E-state index in [9.17, 15) is 4.79 Å². The predicted molar refractivity (Wildman–Crippen MR) is 44.2 cm³/mol. The SMILES string of the molecule is COC1=CC(OC(C)=O)=CCC1. The van der Waals surface area contributed by atoms with Crippen LogP contribution in [0.5, 0.6) is 0 Å². The zero-order valence-electron chi connectivity index (χ0n) is 7.29. The van der Waals surface area contributed by atoms with Gasteiger partial charge in [0.15, 0.2) is 0 Å². The van der Waals surface area contributed by atoms with Crippen molar-refractivity contribution in [1.29, 1.82) is 0 Å². The standard InChI is InChI=1S/C9H12O3/c1-7(10)12-9-5-3-4-8(6-9)11-2/h5-6H,3-4H2,1-2H3. The highest BCUT2D eigenvalue weighted by Crippen LogP contribution is 2.18. The first-order chi connectivity index (χ1) is 5.72. The van der Waals surface area contributed by atoms with Crippen molar-refractivity contribution in [1.82, 2.24) is 0 Å². The molecule has 0 aromatic carbocycles. The van der Waals surface area contributed by atoms with E-state index >= 15 is 0 Å². The number of carbonyl (C=O) groups is 1. The Balaban J connectivity index is 2.60. The van der Waals surface area contributed by atoms with E-state index in [0.29, 0.717) is 5.76 Å². The number of carbonyl (C=O) groups excluding carboxylic acids is 1. The summed E-state index contributed by atoms with van der Waals surface area (Å²) in [6, 6.07) is 0. The fraction of sp³-hybridized carbons (Fsp3) is 0.444. The monoisotopic (exact) mass is 168 g/mol. The van der Waals surface area contributed by atoms with Gasteiger partial charge in [0.25, 0.3) is 0 Å². The molecule has 0 radical (unpaired) electrons. The molecular formula is C9H12O3. The molecule has 0 aromatic rings. The summed E-state index contributed by atoms with van der Waals surface area (Å²) < 4.78 is 9.92. The molecular weight excluding hydrogens is 156 g/mol. The van der Waals surface area contributed by atoms with Crippen LogP contribution in [0.15, 0.2) is 23.7 Å².